The number of fused-ring (bicyclic) bond motifs is 1. The van der Waals surface area contributed by atoms with E-state index in [-0.39, 0.29) is 29.6 Å². The summed E-state index contributed by atoms with van der Waals surface area (Å²) in [6, 6.07) is 10.9. The number of aliphatic hydroxyl groups excluding tert-OH is 1. The molecule has 0 radical (unpaired) electrons. The highest BCUT2D eigenvalue weighted by atomic mass is 19.3. The van der Waals surface area contributed by atoms with Crippen LogP contribution in [-0.4, -0.2) is 51.6 Å². The second-order valence-corrected chi connectivity index (χ2v) is 8.56. The van der Waals surface area contributed by atoms with Crippen molar-refractivity contribution in [3.05, 3.63) is 59.2 Å². The fourth-order valence-corrected chi connectivity index (χ4v) is 4.30. The smallest absolute Gasteiger partial charge is 0.263 e. The van der Waals surface area contributed by atoms with Crippen LogP contribution in [0.15, 0.2) is 42.5 Å². The molecule has 9 heteroatoms. The summed E-state index contributed by atoms with van der Waals surface area (Å²) in [4.78, 5) is 31.8. The number of aryl methyl sites for hydroxylation is 1. The molecule has 0 unspecified atom stereocenters. The van der Waals surface area contributed by atoms with Crippen LogP contribution in [0, 0.1) is 0 Å². The first-order chi connectivity index (χ1) is 15.7. The molecular weight excluding hydrogens is 430 g/mol. The molecule has 1 atom stereocenters. The van der Waals surface area contributed by atoms with Gasteiger partial charge in [0.05, 0.1) is 16.4 Å². The van der Waals surface area contributed by atoms with Crippen LogP contribution in [-0.2, 0) is 16.8 Å². The predicted octanol–water partition coefficient (Wildman–Crippen LogP) is 3.73. The molecule has 7 nitrogen and oxygen atoms in total. The van der Waals surface area contributed by atoms with Gasteiger partial charge in [0.1, 0.15) is 0 Å². The second kappa shape index (κ2) is 8.90. The SMILES string of the molecule is CN1CC[C@@](C)(c2ccc3c(c2)nc(NC(=O)c2cccc(C(F)F)c2)n3CCCO)C1=O. The minimum atomic E-state index is -2.68. The summed E-state index contributed by atoms with van der Waals surface area (Å²) >= 11 is 0. The highest BCUT2D eigenvalue weighted by molar-refractivity contribution is 6.04. The van der Waals surface area contributed by atoms with Gasteiger partial charge in [-0.3, -0.25) is 14.9 Å². The molecule has 33 heavy (non-hydrogen) atoms. The number of hydrogen-bond donors (Lipinski definition) is 2. The monoisotopic (exact) mass is 456 g/mol. The van der Waals surface area contributed by atoms with Gasteiger partial charge >= 0.3 is 0 Å². The Balaban J connectivity index is 1.70. The van der Waals surface area contributed by atoms with Crippen LogP contribution in [0.3, 0.4) is 0 Å². The van der Waals surface area contributed by atoms with Crippen LogP contribution in [0.5, 0.6) is 0 Å². The third kappa shape index (κ3) is 4.20. The number of aliphatic hydroxyl groups is 1. The predicted molar refractivity (Wildman–Crippen MR) is 120 cm³/mol. The summed E-state index contributed by atoms with van der Waals surface area (Å²) in [7, 11) is 1.78. The van der Waals surface area contributed by atoms with Gasteiger partial charge in [0.2, 0.25) is 11.9 Å². The molecule has 1 aliphatic heterocycles. The Morgan fingerprint density at radius 2 is 2.06 bits per heavy atom. The molecule has 1 fully saturated rings. The molecule has 2 N–H and O–H groups in total. The van der Waals surface area contributed by atoms with E-state index in [0.29, 0.717) is 31.4 Å². The van der Waals surface area contributed by atoms with Gasteiger partial charge in [0, 0.05) is 37.9 Å². The molecule has 1 aliphatic rings. The van der Waals surface area contributed by atoms with Crippen LogP contribution in [0.1, 0.15) is 47.7 Å². The minimum Gasteiger partial charge on any atom is -0.396 e. The van der Waals surface area contributed by atoms with Gasteiger partial charge in [-0.15, -0.1) is 0 Å². The molecule has 2 aromatic carbocycles. The number of hydrogen-bond acceptors (Lipinski definition) is 4. The number of imidazole rings is 1. The fourth-order valence-electron chi connectivity index (χ4n) is 4.30. The number of benzene rings is 2. The van der Waals surface area contributed by atoms with Gasteiger partial charge in [-0.05, 0) is 49.6 Å². The number of carbonyl (C=O) groups excluding carboxylic acids is 2. The minimum absolute atomic E-state index is 0.0412. The first-order valence-corrected chi connectivity index (χ1v) is 10.8. The maximum absolute atomic E-state index is 13.0. The molecular formula is C24H26F2N4O3. The van der Waals surface area contributed by atoms with E-state index in [1.165, 1.54) is 18.2 Å². The molecule has 4 rings (SSSR count). The fraction of sp³-hybridized carbons (Fsp3) is 0.375. The van der Waals surface area contributed by atoms with Crippen molar-refractivity contribution in [3.63, 3.8) is 0 Å². The third-order valence-electron chi connectivity index (χ3n) is 6.32. The van der Waals surface area contributed by atoms with Crippen molar-refractivity contribution in [1.82, 2.24) is 14.5 Å². The van der Waals surface area contributed by atoms with Gasteiger partial charge in [0.25, 0.3) is 12.3 Å². The van der Waals surface area contributed by atoms with Gasteiger partial charge in [-0.25, -0.2) is 13.8 Å². The molecule has 0 spiro atoms. The van der Waals surface area contributed by atoms with Crippen LogP contribution >= 0.6 is 0 Å². The van der Waals surface area contributed by atoms with Crippen LogP contribution in [0.25, 0.3) is 11.0 Å². The van der Waals surface area contributed by atoms with E-state index in [2.05, 4.69) is 10.3 Å². The van der Waals surface area contributed by atoms with Crippen molar-refractivity contribution in [2.75, 3.05) is 25.5 Å². The Kier molecular flexibility index (Phi) is 6.16. The van der Waals surface area contributed by atoms with Crippen LogP contribution in [0.2, 0.25) is 0 Å². The van der Waals surface area contributed by atoms with Crippen molar-refractivity contribution in [1.29, 1.82) is 0 Å². The molecule has 0 bridgehead atoms. The van der Waals surface area contributed by atoms with E-state index in [1.807, 2.05) is 25.1 Å². The molecule has 1 saturated heterocycles. The summed E-state index contributed by atoms with van der Waals surface area (Å²) in [5.41, 5.74) is 1.41. The number of likely N-dealkylation sites (N-methyl/N-ethyl adjacent to an activating group) is 1. The van der Waals surface area contributed by atoms with E-state index in [4.69, 9.17) is 0 Å². The number of nitrogens with one attached hydrogen (secondary N) is 1. The van der Waals surface area contributed by atoms with Crippen molar-refractivity contribution < 1.29 is 23.5 Å². The molecule has 1 aromatic heterocycles. The van der Waals surface area contributed by atoms with E-state index in [0.717, 1.165) is 17.1 Å². The summed E-state index contributed by atoms with van der Waals surface area (Å²) in [6.07, 6.45) is -1.54. The first kappa shape index (κ1) is 22.8. The normalized spacial score (nSPS) is 18.5. The average Bonchev–Trinajstić information content (AvgIpc) is 3.29. The Hall–Kier alpha value is -3.33. The van der Waals surface area contributed by atoms with Crippen molar-refractivity contribution >= 4 is 28.8 Å². The number of nitrogens with zero attached hydrogens (tertiary/aromatic N) is 3. The van der Waals surface area contributed by atoms with Crippen molar-refractivity contribution in [2.24, 2.45) is 0 Å². The highest BCUT2D eigenvalue weighted by Crippen LogP contribution is 2.36. The van der Waals surface area contributed by atoms with Gasteiger partial charge in [-0.1, -0.05) is 18.2 Å². The Morgan fingerprint density at radius 1 is 1.27 bits per heavy atom. The Labute approximate surface area is 190 Å². The number of aromatic nitrogens is 2. The van der Waals surface area contributed by atoms with Gasteiger partial charge < -0.3 is 14.6 Å². The second-order valence-electron chi connectivity index (χ2n) is 8.56. The summed E-state index contributed by atoms with van der Waals surface area (Å²) < 4.78 is 27.8. The number of rotatable bonds is 7. The van der Waals surface area contributed by atoms with E-state index in [1.54, 1.807) is 16.5 Å². The number of amides is 2. The standard InChI is InChI=1S/C24H26F2N4O3/c1-24(9-11-29(2)22(24)33)17-7-8-19-18(14-17)27-23(30(19)10-4-12-31)28-21(32)16-6-3-5-15(13-16)20(25)26/h3,5-8,13-14,20,31H,4,9-12H2,1-2H3,(H,27,28,32)/t24-/m0/s1. The third-order valence-corrected chi connectivity index (χ3v) is 6.32. The van der Waals surface area contributed by atoms with Gasteiger partial charge in [-0.2, -0.15) is 0 Å². The molecule has 2 heterocycles. The Morgan fingerprint density at radius 3 is 2.73 bits per heavy atom. The lowest BCUT2D eigenvalue weighted by Gasteiger charge is -2.22. The maximum atomic E-state index is 13.0. The number of alkyl halides is 2. The summed E-state index contributed by atoms with van der Waals surface area (Å²) in [5.74, 6) is -0.255. The zero-order chi connectivity index (χ0) is 23.8. The van der Waals surface area contributed by atoms with Gasteiger partial charge in [0.15, 0.2) is 0 Å². The van der Waals surface area contributed by atoms with E-state index >= 15 is 0 Å². The molecule has 0 saturated carbocycles. The zero-order valence-electron chi connectivity index (χ0n) is 18.5. The molecule has 0 aliphatic carbocycles. The lowest BCUT2D eigenvalue weighted by Crippen LogP contribution is -2.33. The van der Waals surface area contributed by atoms with Crippen molar-refractivity contribution in [3.8, 4) is 0 Å². The number of halogens is 2. The lowest BCUT2D eigenvalue weighted by molar-refractivity contribution is -0.130. The van der Waals surface area contributed by atoms with Crippen LogP contribution in [0.4, 0.5) is 14.7 Å². The molecule has 3 aromatic rings. The van der Waals surface area contributed by atoms with Crippen LogP contribution < -0.4 is 5.32 Å². The molecule has 174 valence electrons. The highest BCUT2D eigenvalue weighted by Gasteiger charge is 2.42. The number of carbonyl (C=O) groups is 2. The average molecular weight is 456 g/mol. The largest absolute Gasteiger partial charge is 0.396 e. The summed E-state index contributed by atoms with van der Waals surface area (Å²) in [5, 5.41) is 12.0. The van der Waals surface area contributed by atoms with E-state index < -0.39 is 17.7 Å². The number of likely N-dealkylation sites (tertiary alicyclic amines) is 1. The Bertz CT molecular complexity index is 1210. The number of anilines is 1. The van der Waals surface area contributed by atoms with E-state index in [9.17, 15) is 23.5 Å². The quantitative estimate of drug-likeness (QED) is 0.567. The lowest BCUT2D eigenvalue weighted by atomic mass is 9.81. The zero-order valence-corrected chi connectivity index (χ0v) is 18.5. The maximum Gasteiger partial charge on any atom is 0.263 e. The topological polar surface area (TPSA) is 87.5 Å². The molecule has 2 amide bonds. The summed E-state index contributed by atoms with van der Waals surface area (Å²) in [6.45, 7) is 2.96. The first-order valence-electron chi connectivity index (χ1n) is 10.8. The van der Waals surface area contributed by atoms with Crippen molar-refractivity contribution in [2.45, 2.75) is 38.2 Å².